The first kappa shape index (κ1) is 42.5. The highest BCUT2D eigenvalue weighted by Gasteiger charge is 2.10. The molecule has 0 spiro atoms. The Balaban J connectivity index is 0. The van der Waals surface area contributed by atoms with Crippen LogP contribution in [-0.2, 0) is 23.7 Å². The van der Waals surface area contributed by atoms with Gasteiger partial charge in [0.25, 0.3) is 0 Å². The molecule has 0 radical (unpaired) electrons. The Labute approximate surface area is 270 Å². The first-order valence-corrected chi connectivity index (χ1v) is 15.1. The van der Waals surface area contributed by atoms with E-state index in [1.807, 2.05) is 93.1 Å². The van der Waals surface area contributed by atoms with Crippen LogP contribution in [0.4, 0.5) is 5.82 Å². The lowest BCUT2D eigenvalue weighted by molar-refractivity contribution is -0.116. The van der Waals surface area contributed by atoms with E-state index in [9.17, 15) is 9.59 Å². The van der Waals surface area contributed by atoms with Crippen LogP contribution in [-0.4, -0.2) is 67.8 Å². The smallest absolute Gasteiger partial charge is 0.209 e. The van der Waals surface area contributed by atoms with E-state index >= 15 is 0 Å². The summed E-state index contributed by atoms with van der Waals surface area (Å²) in [6.45, 7) is 23.2. The maximum Gasteiger partial charge on any atom is 0.209 e. The average molecular weight is 621 g/mol. The van der Waals surface area contributed by atoms with Gasteiger partial charge >= 0.3 is 0 Å². The van der Waals surface area contributed by atoms with Crippen molar-refractivity contribution in [3.05, 3.63) is 66.0 Å². The van der Waals surface area contributed by atoms with Gasteiger partial charge in [0.1, 0.15) is 11.6 Å². The molecule has 4 aromatic heterocycles. The molecule has 0 atom stereocenters. The molecule has 4 aromatic rings. The largest absolute Gasteiger partial charge is 0.351 e. The van der Waals surface area contributed by atoms with Gasteiger partial charge < -0.3 is 14.6 Å². The minimum atomic E-state index is 0.167. The van der Waals surface area contributed by atoms with Gasteiger partial charge in [-0.25, -0.2) is 4.98 Å². The van der Waals surface area contributed by atoms with E-state index in [-0.39, 0.29) is 5.78 Å². The Kier molecular flexibility index (Phi) is 22.5. The van der Waals surface area contributed by atoms with Gasteiger partial charge in [-0.15, -0.1) is 0 Å². The zero-order valence-electron chi connectivity index (χ0n) is 29.9. The highest BCUT2D eigenvalue weighted by Crippen LogP contribution is 2.28. The number of anilines is 1. The maximum absolute atomic E-state index is 9.44. The number of carbonyl (C=O) groups excluding carboxylic acids is 2. The van der Waals surface area contributed by atoms with E-state index in [0.717, 1.165) is 56.9 Å². The van der Waals surface area contributed by atoms with E-state index in [2.05, 4.69) is 60.2 Å². The van der Waals surface area contributed by atoms with Gasteiger partial charge in [0.2, 0.25) is 6.41 Å². The fourth-order valence-electron chi connectivity index (χ4n) is 3.30. The van der Waals surface area contributed by atoms with Gasteiger partial charge in [-0.2, -0.15) is 10.2 Å². The number of Topliss-reactive ketones (excluding diaryl/α,β-unsaturated/α-hetero) is 1. The normalized spacial score (nSPS) is 9.67. The number of amides is 1. The van der Waals surface area contributed by atoms with E-state index in [0.29, 0.717) is 0 Å². The minimum Gasteiger partial charge on any atom is -0.351 e. The maximum atomic E-state index is 9.44. The van der Waals surface area contributed by atoms with Crippen molar-refractivity contribution in [1.29, 1.82) is 0 Å². The molecule has 0 saturated heterocycles. The molecular weight excluding hydrogens is 564 g/mol. The Morgan fingerprint density at radius 3 is 1.84 bits per heavy atom. The van der Waals surface area contributed by atoms with Gasteiger partial charge in [0.05, 0.1) is 29.5 Å². The van der Waals surface area contributed by atoms with E-state index in [1.165, 1.54) is 25.2 Å². The van der Waals surface area contributed by atoms with Crippen LogP contribution < -0.4 is 15.5 Å². The van der Waals surface area contributed by atoms with Crippen molar-refractivity contribution in [2.75, 3.05) is 26.0 Å². The number of fused-ring (bicyclic) bond motifs is 1. The third kappa shape index (κ3) is 15.6. The SMILES string of the molecule is C=C(CC)N(C)c1ccc(-c2cncc3c2cnn3C)cn1.C=c1cnn(C)/c1=C/C.CC.CC(C)=O.CCC.CN(C)C=O. The van der Waals surface area contributed by atoms with Crippen LogP contribution >= 0.6 is 0 Å². The molecule has 4 heterocycles. The molecule has 0 unspecified atom stereocenters. The number of aryl methyl sites for hydroxylation is 2. The number of ketones is 1. The van der Waals surface area contributed by atoms with Gasteiger partial charge in [0, 0.05) is 75.1 Å². The molecule has 1 amide bonds. The number of hydrogen-bond acceptors (Lipinski definition) is 7. The zero-order valence-corrected chi connectivity index (χ0v) is 29.9. The number of pyridine rings is 2. The minimum absolute atomic E-state index is 0.167. The summed E-state index contributed by atoms with van der Waals surface area (Å²) in [7, 11) is 9.18. The third-order valence-corrected chi connectivity index (χ3v) is 5.51. The summed E-state index contributed by atoms with van der Waals surface area (Å²) in [6.07, 6.45) is 14.1. The van der Waals surface area contributed by atoms with Crippen molar-refractivity contribution in [3.63, 3.8) is 0 Å². The fourth-order valence-corrected chi connectivity index (χ4v) is 3.30. The van der Waals surface area contributed by atoms with Gasteiger partial charge in [-0.3, -0.25) is 19.1 Å². The molecule has 10 heteroatoms. The quantitative estimate of drug-likeness (QED) is 0.261. The molecule has 4 rings (SSSR count). The molecule has 0 aromatic carbocycles. The van der Waals surface area contributed by atoms with Crippen LogP contribution in [0.3, 0.4) is 0 Å². The molecule has 45 heavy (non-hydrogen) atoms. The first-order valence-electron chi connectivity index (χ1n) is 15.1. The lowest BCUT2D eigenvalue weighted by Crippen LogP contribution is -2.25. The second-order valence-corrected chi connectivity index (χ2v) is 9.92. The van der Waals surface area contributed by atoms with Crippen LogP contribution in [0.25, 0.3) is 34.7 Å². The molecule has 0 aliphatic carbocycles. The summed E-state index contributed by atoms with van der Waals surface area (Å²) >= 11 is 0. The Bertz CT molecular complexity index is 1520. The highest BCUT2D eigenvalue weighted by atomic mass is 16.1. The molecular formula is C35H56N8O2. The summed E-state index contributed by atoms with van der Waals surface area (Å²) in [5, 5.41) is 11.5. The number of carbonyl (C=O) groups is 2. The summed E-state index contributed by atoms with van der Waals surface area (Å²) in [6, 6.07) is 4.07. The number of allylic oxidation sites excluding steroid dienone is 1. The summed E-state index contributed by atoms with van der Waals surface area (Å²) in [5.74, 6) is 1.06. The van der Waals surface area contributed by atoms with E-state index in [4.69, 9.17) is 0 Å². The lowest BCUT2D eigenvalue weighted by Gasteiger charge is -2.19. The molecule has 248 valence electrons. The van der Waals surface area contributed by atoms with Crippen molar-refractivity contribution in [1.82, 2.24) is 34.4 Å². The van der Waals surface area contributed by atoms with Gasteiger partial charge in [-0.1, -0.05) is 60.3 Å². The van der Waals surface area contributed by atoms with Gasteiger partial charge in [-0.05, 0) is 39.3 Å². The Hall–Kier alpha value is -4.60. The van der Waals surface area contributed by atoms with E-state index in [1.54, 1.807) is 20.3 Å². The van der Waals surface area contributed by atoms with Crippen molar-refractivity contribution in [2.24, 2.45) is 14.1 Å². The van der Waals surface area contributed by atoms with Crippen LogP contribution in [0.5, 0.6) is 0 Å². The summed E-state index contributed by atoms with van der Waals surface area (Å²) in [4.78, 5) is 31.2. The molecule has 0 N–H and O–H groups in total. The topological polar surface area (TPSA) is 102 Å². The number of nitrogens with zero attached hydrogens (tertiary/aromatic N) is 8. The van der Waals surface area contributed by atoms with Crippen molar-refractivity contribution < 1.29 is 9.59 Å². The lowest BCUT2D eigenvalue weighted by atomic mass is 10.1. The fraction of sp³-hybridized carbons (Fsp3) is 0.429. The van der Waals surface area contributed by atoms with Crippen molar-refractivity contribution in [3.8, 4) is 11.1 Å². The monoisotopic (exact) mass is 620 g/mol. The number of rotatable bonds is 5. The van der Waals surface area contributed by atoms with Crippen LogP contribution in [0.15, 0.2) is 55.4 Å². The molecule has 0 fully saturated rings. The number of hydrogen-bond donors (Lipinski definition) is 0. The Morgan fingerprint density at radius 1 is 0.933 bits per heavy atom. The predicted molar refractivity (Wildman–Crippen MR) is 191 cm³/mol. The second kappa shape index (κ2) is 23.8. The second-order valence-electron chi connectivity index (χ2n) is 9.92. The molecule has 10 nitrogen and oxygen atoms in total. The Morgan fingerprint density at radius 2 is 1.47 bits per heavy atom. The average Bonchev–Trinajstić information content (AvgIpc) is 3.58. The third-order valence-electron chi connectivity index (χ3n) is 5.51. The predicted octanol–water partition coefficient (Wildman–Crippen LogP) is 5.76. The van der Waals surface area contributed by atoms with Crippen molar-refractivity contribution >= 4 is 41.6 Å². The standard InChI is InChI=1S/C17H19N5.C7H10N2.C3H7NO.C3H6O.C3H8.C2H6/c1-5-12(2)21(3)17-7-6-13(8-19-17)14-9-18-11-16-15(14)10-20-22(16)4;1-4-7-6(2)5-8-9(7)3;1-4(2)3-5;1-3(2)4;1-3-2;1-2/h6-11H,2,5H2,1,3-4H3;4-5H,2H2,1,3H3;3H,1-2H3;1-2H3;3H2,1-2H3;1-2H3/b;7-4+;;;;. The van der Waals surface area contributed by atoms with Gasteiger partial charge in [0.15, 0.2) is 0 Å². The van der Waals surface area contributed by atoms with E-state index < -0.39 is 0 Å². The number of aromatic nitrogens is 6. The molecule has 0 aliphatic heterocycles. The highest BCUT2D eigenvalue weighted by molar-refractivity contribution is 5.93. The zero-order chi connectivity index (χ0) is 35.1. The van der Waals surface area contributed by atoms with Crippen molar-refractivity contribution in [2.45, 2.75) is 68.2 Å². The summed E-state index contributed by atoms with van der Waals surface area (Å²) < 4.78 is 3.63. The van der Waals surface area contributed by atoms with Crippen LogP contribution in [0.2, 0.25) is 0 Å². The summed E-state index contributed by atoms with van der Waals surface area (Å²) in [5.41, 5.74) is 4.13. The molecule has 0 aliphatic rings. The first-order chi connectivity index (χ1) is 21.3. The molecule has 0 bridgehead atoms. The molecule has 0 saturated carbocycles. The van der Waals surface area contributed by atoms with Crippen LogP contribution in [0, 0.1) is 0 Å². The van der Waals surface area contributed by atoms with Crippen LogP contribution in [0.1, 0.15) is 68.2 Å².